The Hall–Kier alpha value is -2.03. The number of carbonyl (C=O) groups is 1. The van der Waals surface area contributed by atoms with Crippen molar-refractivity contribution in [3.63, 3.8) is 0 Å². The van der Waals surface area contributed by atoms with Crippen LogP contribution in [0.3, 0.4) is 0 Å². The molecule has 0 bridgehead atoms. The van der Waals surface area contributed by atoms with Gasteiger partial charge in [-0.1, -0.05) is 11.8 Å². The number of hydrogen-bond acceptors (Lipinski definition) is 7. The minimum atomic E-state index is -0.488. The van der Waals surface area contributed by atoms with Crippen LogP contribution in [0.5, 0.6) is 0 Å². The van der Waals surface area contributed by atoms with Crippen molar-refractivity contribution in [2.24, 2.45) is 7.05 Å². The molecular formula is C17H26N6O2S. The second-order valence-electron chi connectivity index (χ2n) is 7.50. The van der Waals surface area contributed by atoms with Crippen LogP contribution >= 0.6 is 11.8 Å². The second kappa shape index (κ2) is 6.94. The van der Waals surface area contributed by atoms with Crippen molar-refractivity contribution in [2.45, 2.75) is 44.5 Å². The smallest absolute Gasteiger partial charge is 0.410 e. The first-order valence-corrected chi connectivity index (χ1v) is 9.90. The van der Waals surface area contributed by atoms with Crippen molar-refractivity contribution in [3.8, 4) is 0 Å². The molecule has 0 aromatic carbocycles. The van der Waals surface area contributed by atoms with E-state index in [-0.39, 0.29) is 12.1 Å². The molecule has 1 aliphatic rings. The Morgan fingerprint density at radius 3 is 2.65 bits per heavy atom. The van der Waals surface area contributed by atoms with Gasteiger partial charge in [-0.3, -0.25) is 4.68 Å². The van der Waals surface area contributed by atoms with Crippen LogP contribution < -0.4 is 4.90 Å². The van der Waals surface area contributed by atoms with Crippen LogP contribution in [0.15, 0.2) is 11.4 Å². The Balaban J connectivity index is 1.85. The highest BCUT2D eigenvalue weighted by molar-refractivity contribution is 7.98. The molecule has 1 atom stereocenters. The first-order valence-electron chi connectivity index (χ1n) is 8.68. The molecule has 1 fully saturated rings. The van der Waals surface area contributed by atoms with Crippen LogP contribution in [0.2, 0.25) is 0 Å². The quantitative estimate of drug-likeness (QED) is 0.587. The molecule has 8 nitrogen and oxygen atoms in total. The van der Waals surface area contributed by atoms with Crippen LogP contribution in [0.1, 0.15) is 27.7 Å². The number of aryl methyl sites for hydroxylation is 1. The first-order chi connectivity index (χ1) is 12.2. The summed E-state index contributed by atoms with van der Waals surface area (Å²) >= 11 is 1.51. The lowest BCUT2D eigenvalue weighted by Crippen LogP contribution is -2.55. The molecule has 0 unspecified atom stereocenters. The van der Waals surface area contributed by atoms with Gasteiger partial charge in [0.2, 0.25) is 0 Å². The highest BCUT2D eigenvalue weighted by Gasteiger charge is 2.32. The molecule has 1 amide bonds. The molecule has 26 heavy (non-hydrogen) atoms. The number of amides is 1. The highest BCUT2D eigenvalue weighted by Crippen LogP contribution is 2.29. The maximum absolute atomic E-state index is 12.4. The maximum Gasteiger partial charge on any atom is 0.410 e. The number of fused-ring (bicyclic) bond motifs is 1. The van der Waals surface area contributed by atoms with E-state index < -0.39 is 5.60 Å². The summed E-state index contributed by atoms with van der Waals surface area (Å²) < 4.78 is 7.31. The van der Waals surface area contributed by atoms with Crippen molar-refractivity contribution >= 4 is 34.7 Å². The summed E-state index contributed by atoms with van der Waals surface area (Å²) in [5, 5.41) is 5.05. The molecule has 2 aromatic rings. The van der Waals surface area contributed by atoms with Gasteiger partial charge in [-0.05, 0) is 34.0 Å². The minimum absolute atomic E-state index is 0.110. The van der Waals surface area contributed by atoms with Gasteiger partial charge in [-0.25, -0.2) is 14.8 Å². The molecule has 1 aliphatic heterocycles. The molecule has 1 saturated heterocycles. The molecule has 9 heteroatoms. The van der Waals surface area contributed by atoms with Gasteiger partial charge in [0.25, 0.3) is 0 Å². The summed E-state index contributed by atoms with van der Waals surface area (Å²) in [7, 11) is 1.90. The third-order valence-electron chi connectivity index (χ3n) is 4.28. The molecule has 3 heterocycles. The molecular weight excluding hydrogens is 352 g/mol. The van der Waals surface area contributed by atoms with Gasteiger partial charge in [0.05, 0.1) is 6.20 Å². The first kappa shape index (κ1) is 18.8. The normalized spacial score (nSPS) is 18.5. The number of hydrogen-bond donors (Lipinski definition) is 0. The van der Waals surface area contributed by atoms with E-state index in [0.717, 1.165) is 22.0 Å². The van der Waals surface area contributed by atoms with Gasteiger partial charge < -0.3 is 14.5 Å². The Kier molecular flexibility index (Phi) is 5.01. The molecule has 0 aliphatic carbocycles. The topological polar surface area (TPSA) is 76.4 Å². The van der Waals surface area contributed by atoms with E-state index in [0.29, 0.717) is 19.6 Å². The average molecular weight is 379 g/mol. The lowest BCUT2D eigenvalue weighted by Gasteiger charge is -2.41. The van der Waals surface area contributed by atoms with E-state index in [1.807, 2.05) is 38.8 Å². The number of aromatic nitrogens is 4. The zero-order valence-corrected chi connectivity index (χ0v) is 17.0. The SMILES string of the molecule is CSc1nc(N2CCN(C(=O)OC(C)(C)C)C[C@@H]2C)c2c(cnn2C)n1. The standard InChI is InChI=1S/C17H26N6O2S/c1-11-10-22(16(24)25-17(2,3)4)7-8-23(11)14-13-12(9-18-21(13)5)19-15(20-14)26-6/h9,11H,7-8,10H2,1-6H3/t11-/m0/s1. The number of nitrogens with zero attached hydrogens (tertiary/aromatic N) is 6. The van der Waals surface area contributed by atoms with Gasteiger partial charge in [0.15, 0.2) is 11.0 Å². The van der Waals surface area contributed by atoms with Crippen LogP contribution in [-0.4, -0.2) is 68.3 Å². The van der Waals surface area contributed by atoms with E-state index in [2.05, 4.69) is 21.9 Å². The van der Waals surface area contributed by atoms with E-state index in [1.54, 1.807) is 11.1 Å². The monoisotopic (exact) mass is 378 g/mol. The van der Waals surface area contributed by atoms with Crippen molar-refractivity contribution in [2.75, 3.05) is 30.8 Å². The molecule has 0 spiro atoms. The van der Waals surface area contributed by atoms with E-state index in [9.17, 15) is 4.79 Å². The number of carbonyl (C=O) groups excluding carboxylic acids is 1. The van der Waals surface area contributed by atoms with Crippen LogP contribution in [0, 0.1) is 0 Å². The number of thioether (sulfide) groups is 1. The molecule has 142 valence electrons. The fraction of sp³-hybridized carbons (Fsp3) is 0.647. The van der Waals surface area contributed by atoms with E-state index >= 15 is 0 Å². The van der Waals surface area contributed by atoms with E-state index in [4.69, 9.17) is 9.72 Å². The molecule has 0 N–H and O–H groups in total. The van der Waals surface area contributed by atoms with Gasteiger partial charge in [-0.2, -0.15) is 5.10 Å². The summed E-state index contributed by atoms with van der Waals surface area (Å²) in [5.41, 5.74) is 1.27. The predicted molar refractivity (Wildman–Crippen MR) is 103 cm³/mol. The number of anilines is 1. The molecule has 2 aromatic heterocycles. The maximum atomic E-state index is 12.4. The third-order valence-corrected chi connectivity index (χ3v) is 4.83. The summed E-state index contributed by atoms with van der Waals surface area (Å²) in [6, 6.07) is 0.110. The Morgan fingerprint density at radius 2 is 2.04 bits per heavy atom. The average Bonchev–Trinajstić information content (AvgIpc) is 2.93. The Bertz CT molecular complexity index is 815. The number of piperazine rings is 1. The molecule has 3 rings (SSSR count). The summed E-state index contributed by atoms with van der Waals surface area (Å²) in [5.74, 6) is 0.871. The van der Waals surface area contributed by atoms with Gasteiger partial charge >= 0.3 is 6.09 Å². The van der Waals surface area contributed by atoms with Crippen LogP contribution in [0.25, 0.3) is 11.0 Å². The zero-order valence-electron chi connectivity index (χ0n) is 16.2. The fourth-order valence-electron chi connectivity index (χ4n) is 3.09. The van der Waals surface area contributed by atoms with Crippen molar-refractivity contribution in [1.29, 1.82) is 0 Å². The summed E-state index contributed by atoms with van der Waals surface area (Å²) in [6.45, 7) is 9.62. The van der Waals surface area contributed by atoms with Gasteiger partial charge in [0, 0.05) is 32.7 Å². The summed E-state index contributed by atoms with van der Waals surface area (Å²) in [6.07, 6.45) is 3.47. The molecule has 0 saturated carbocycles. The van der Waals surface area contributed by atoms with Crippen molar-refractivity contribution in [1.82, 2.24) is 24.6 Å². The second-order valence-corrected chi connectivity index (χ2v) is 8.28. The highest BCUT2D eigenvalue weighted by atomic mass is 32.2. The van der Waals surface area contributed by atoms with Crippen LogP contribution in [0.4, 0.5) is 10.6 Å². The third kappa shape index (κ3) is 3.72. The predicted octanol–water partition coefficient (Wildman–Crippen LogP) is 2.53. The van der Waals surface area contributed by atoms with Crippen molar-refractivity contribution < 1.29 is 9.53 Å². The minimum Gasteiger partial charge on any atom is -0.444 e. The van der Waals surface area contributed by atoms with Crippen LogP contribution in [-0.2, 0) is 11.8 Å². The van der Waals surface area contributed by atoms with E-state index in [1.165, 1.54) is 11.8 Å². The number of ether oxygens (including phenoxy) is 1. The van der Waals surface area contributed by atoms with Gasteiger partial charge in [0.1, 0.15) is 16.6 Å². The lowest BCUT2D eigenvalue weighted by atomic mass is 10.2. The Morgan fingerprint density at radius 1 is 1.31 bits per heavy atom. The fourth-order valence-corrected chi connectivity index (χ4v) is 3.46. The van der Waals surface area contributed by atoms with Crippen molar-refractivity contribution in [3.05, 3.63) is 6.20 Å². The van der Waals surface area contributed by atoms with Gasteiger partial charge in [-0.15, -0.1) is 0 Å². The number of rotatable bonds is 2. The lowest BCUT2D eigenvalue weighted by molar-refractivity contribution is 0.0218. The zero-order chi connectivity index (χ0) is 19.1. The summed E-state index contributed by atoms with van der Waals surface area (Å²) in [4.78, 5) is 25.6. The molecule has 0 radical (unpaired) electrons. The Labute approximate surface area is 157 Å². The largest absolute Gasteiger partial charge is 0.444 e.